The standard InChI is InChI=1S/C20H20ClN3O5/c1-12(2)29-16-6-4-15(21)7-14(16)9-23-24-19(25)10-22-20(26)13-3-5-17-18(8-13)28-11-27-17/h3-9,12H,10-11H2,1-2H3,(H,22,26)(H,24,25). The molecule has 0 spiro atoms. The van der Waals surface area contributed by atoms with E-state index in [2.05, 4.69) is 15.8 Å². The van der Waals surface area contributed by atoms with Gasteiger partial charge in [-0.2, -0.15) is 5.10 Å². The van der Waals surface area contributed by atoms with Crippen molar-refractivity contribution in [3.05, 3.63) is 52.5 Å². The first-order valence-corrected chi connectivity index (χ1v) is 9.26. The van der Waals surface area contributed by atoms with Gasteiger partial charge in [0, 0.05) is 16.1 Å². The van der Waals surface area contributed by atoms with Crippen LogP contribution < -0.4 is 25.0 Å². The summed E-state index contributed by atoms with van der Waals surface area (Å²) in [7, 11) is 0. The molecule has 0 radical (unpaired) electrons. The van der Waals surface area contributed by atoms with E-state index in [1.807, 2.05) is 13.8 Å². The van der Waals surface area contributed by atoms with Crippen molar-refractivity contribution in [1.82, 2.24) is 10.7 Å². The number of carbonyl (C=O) groups excluding carboxylic acids is 2. The molecule has 0 saturated heterocycles. The molecule has 2 aromatic carbocycles. The molecule has 0 fully saturated rings. The highest BCUT2D eigenvalue weighted by Gasteiger charge is 2.16. The lowest BCUT2D eigenvalue weighted by molar-refractivity contribution is -0.120. The molecular weight excluding hydrogens is 398 g/mol. The number of benzene rings is 2. The summed E-state index contributed by atoms with van der Waals surface area (Å²) in [6.45, 7) is 3.69. The summed E-state index contributed by atoms with van der Waals surface area (Å²) in [5, 5.41) is 6.93. The van der Waals surface area contributed by atoms with Crippen molar-refractivity contribution in [1.29, 1.82) is 0 Å². The topological polar surface area (TPSA) is 98.2 Å². The highest BCUT2D eigenvalue weighted by Crippen LogP contribution is 2.32. The number of hydrogen-bond acceptors (Lipinski definition) is 6. The van der Waals surface area contributed by atoms with E-state index < -0.39 is 11.8 Å². The smallest absolute Gasteiger partial charge is 0.259 e. The SMILES string of the molecule is CC(C)Oc1ccc(Cl)cc1C=NNC(=O)CNC(=O)c1ccc2c(c1)OCO2. The fourth-order valence-corrected chi connectivity index (χ4v) is 2.68. The van der Waals surface area contributed by atoms with Crippen molar-refractivity contribution in [2.24, 2.45) is 5.10 Å². The molecule has 0 aromatic heterocycles. The maximum atomic E-state index is 12.2. The molecule has 1 aliphatic rings. The summed E-state index contributed by atoms with van der Waals surface area (Å²) >= 11 is 6.00. The third kappa shape index (κ3) is 5.61. The van der Waals surface area contributed by atoms with Gasteiger partial charge in [-0.25, -0.2) is 5.43 Å². The van der Waals surface area contributed by atoms with E-state index >= 15 is 0 Å². The summed E-state index contributed by atoms with van der Waals surface area (Å²) in [4.78, 5) is 24.1. The summed E-state index contributed by atoms with van der Waals surface area (Å²) in [6, 6.07) is 9.91. The fraction of sp³-hybridized carbons (Fsp3) is 0.250. The Hall–Kier alpha value is -3.26. The van der Waals surface area contributed by atoms with Gasteiger partial charge in [-0.15, -0.1) is 0 Å². The van der Waals surface area contributed by atoms with Crippen LogP contribution in [0.15, 0.2) is 41.5 Å². The highest BCUT2D eigenvalue weighted by molar-refractivity contribution is 6.30. The molecule has 0 bridgehead atoms. The summed E-state index contributed by atoms with van der Waals surface area (Å²) in [5.41, 5.74) is 3.33. The van der Waals surface area contributed by atoms with E-state index in [0.717, 1.165) is 0 Å². The second kappa shape index (κ2) is 9.29. The largest absolute Gasteiger partial charge is 0.490 e. The van der Waals surface area contributed by atoms with E-state index in [-0.39, 0.29) is 19.4 Å². The quantitative estimate of drug-likeness (QED) is 0.533. The second-order valence-corrected chi connectivity index (χ2v) is 6.83. The number of nitrogens with one attached hydrogen (secondary N) is 2. The van der Waals surface area contributed by atoms with Crippen molar-refractivity contribution in [3.63, 3.8) is 0 Å². The molecule has 9 heteroatoms. The van der Waals surface area contributed by atoms with Gasteiger partial charge in [0.2, 0.25) is 6.79 Å². The first-order valence-electron chi connectivity index (χ1n) is 8.88. The van der Waals surface area contributed by atoms with Gasteiger partial charge in [-0.3, -0.25) is 9.59 Å². The summed E-state index contributed by atoms with van der Waals surface area (Å²) in [6.07, 6.45) is 1.41. The minimum Gasteiger partial charge on any atom is -0.490 e. The summed E-state index contributed by atoms with van der Waals surface area (Å²) < 4.78 is 16.1. The minimum atomic E-state index is -0.483. The van der Waals surface area contributed by atoms with Crippen molar-refractivity contribution in [3.8, 4) is 17.2 Å². The monoisotopic (exact) mass is 417 g/mol. The van der Waals surface area contributed by atoms with E-state index in [9.17, 15) is 9.59 Å². The molecule has 2 aromatic rings. The fourth-order valence-electron chi connectivity index (χ4n) is 2.50. The molecule has 3 rings (SSSR count). The molecule has 0 atom stereocenters. The Morgan fingerprint density at radius 1 is 1.21 bits per heavy atom. The average molecular weight is 418 g/mol. The average Bonchev–Trinajstić information content (AvgIpc) is 3.15. The lowest BCUT2D eigenvalue weighted by Gasteiger charge is -2.12. The van der Waals surface area contributed by atoms with Crippen LogP contribution in [0.2, 0.25) is 5.02 Å². The van der Waals surface area contributed by atoms with Gasteiger partial charge in [-0.05, 0) is 50.2 Å². The van der Waals surface area contributed by atoms with Gasteiger partial charge in [-0.1, -0.05) is 11.6 Å². The Morgan fingerprint density at radius 2 is 2.00 bits per heavy atom. The van der Waals surface area contributed by atoms with Gasteiger partial charge in [0.25, 0.3) is 11.8 Å². The Kier molecular flexibility index (Phi) is 6.56. The maximum absolute atomic E-state index is 12.2. The number of amides is 2. The zero-order valence-electron chi connectivity index (χ0n) is 15.9. The van der Waals surface area contributed by atoms with Gasteiger partial charge in [0.15, 0.2) is 11.5 Å². The number of hydrogen-bond donors (Lipinski definition) is 2. The van der Waals surface area contributed by atoms with Gasteiger partial charge in [0.1, 0.15) is 5.75 Å². The van der Waals surface area contributed by atoms with Gasteiger partial charge >= 0.3 is 0 Å². The second-order valence-electron chi connectivity index (χ2n) is 6.39. The van der Waals surface area contributed by atoms with Crippen LogP contribution in [-0.4, -0.2) is 37.5 Å². The van der Waals surface area contributed by atoms with Crippen molar-refractivity contribution in [2.75, 3.05) is 13.3 Å². The van der Waals surface area contributed by atoms with Gasteiger partial charge in [0.05, 0.1) is 18.9 Å². The van der Waals surface area contributed by atoms with E-state index in [1.54, 1.807) is 36.4 Å². The number of halogens is 1. The van der Waals surface area contributed by atoms with Crippen LogP contribution >= 0.6 is 11.6 Å². The maximum Gasteiger partial charge on any atom is 0.259 e. The molecule has 1 aliphatic heterocycles. The number of fused-ring (bicyclic) bond motifs is 1. The predicted molar refractivity (Wildman–Crippen MR) is 108 cm³/mol. The molecule has 0 aliphatic carbocycles. The van der Waals surface area contributed by atoms with Crippen LogP contribution in [0.25, 0.3) is 0 Å². The van der Waals surface area contributed by atoms with Crippen LogP contribution in [0.1, 0.15) is 29.8 Å². The van der Waals surface area contributed by atoms with E-state index in [0.29, 0.717) is 33.4 Å². The van der Waals surface area contributed by atoms with Crippen LogP contribution in [0.4, 0.5) is 0 Å². The minimum absolute atomic E-state index is 0.0238. The van der Waals surface area contributed by atoms with Crippen molar-refractivity contribution in [2.45, 2.75) is 20.0 Å². The molecule has 8 nitrogen and oxygen atoms in total. The third-order valence-electron chi connectivity index (χ3n) is 3.77. The number of rotatable bonds is 7. The first kappa shape index (κ1) is 20.5. The molecule has 2 N–H and O–H groups in total. The zero-order chi connectivity index (χ0) is 20.8. The lowest BCUT2D eigenvalue weighted by Crippen LogP contribution is -2.34. The van der Waals surface area contributed by atoms with E-state index in [4.69, 9.17) is 25.8 Å². The molecule has 29 heavy (non-hydrogen) atoms. The number of hydrazone groups is 1. The molecule has 2 amide bonds. The number of ether oxygens (including phenoxy) is 3. The Morgan fingerprint density at radius 3 is 2.79 bits per heavy atom. The Labute approximate surface area is 172 Å². The van der Waals surface area contributed by atoms with Crippen molar-refractivity contribution >= 4 is 29.6 Å². The third-order valence-corrected chi connectivity index (χ3v) is 4.01. The molecule has 1 heterocycles. The normalized spacial score (nSPS) is 12.3. The first-order chi connectivity index (χ1) is 13.9. The molecule has 0 saturated carbocycles. The number of nitrogens with zero attached hydrogens (tertiary/aromatic N) is 1. The van der Waals surface area contributed by atoms with Crippen LogP contribution in [0.5, 0.6) is 17.2 Å². The summed E-state index contributed by atoms with van der Waals surface area (Å²) in [5.74, 6) is 0.773. The lowest BCUT2D eigenvalue weighted by atomic mass is 10.2. The zero-order valence-corrected chi connectivity index (χ0v) is 16.7. The van der Waals surface area contributed by atoms with Crippen LogP contribution in [0.3, 0.4) is 0 Å². The molecule has 152 valence electrons. The van der Waals surface area contributed by atoms with Crippen LogP contribution in [-0.2, 0) is 4.79 Å². The van der Waals surface area contributed by atoms with Crippen LogP contribution in [0, 0.1) is 0 Å². The van der Waals surface area contributed by atoms with Crippen molar-refractivity contribution < 1.29 is 23.8 Å². The van der Waals surface area contributed by atoms with Gasteiger partial charge < -0.3 is 19.5 Å². The Balaban J connectivity index is 1.52. The predicted octanol–water partition coefficient (Wildman–Crippen LogP) is 2.74. The Bertz CT molecular complexity index is 946. The van der Waals surface area contributed by atoms with E-state index in [1.165, 1.54) is 6.21 Å². The highest BCUT2D eigenvalue weighted by atomic mass is 35.5. The molecule has 0 unspecified atom stereocenters. The number of carbonyl (C=O) groups is 2. The molecular formula is C20H20ClN3O5.